The van der Waals surface area contributed by atoms with E-state index in [0.717, 1.165) is 6.07 Å². The van der Waals surface area contributed by atoms with E-state index >= 15 is 0 Å². The molecule has 0 saturated heterocycles. The van der Waals surface area contributed by atoms with Crippen LogP contribution in [0.2, 0.25) is 0 Å². The predicted octanol–water partition coefficient (Wildman–Crippen LogP) is 5.89. The molecule has 0 aliphatic rings. The average molecular weight is 429 g/mol. The molecule has 0 unspecified atom stereocenters. The van der Waals surface area contributed by atoms with Gasteiger partial charge in [0.1, 0.15) is 5.60 Å². The minimum atomic E-state index is -4.58. The predicted molar refractivity (Wildman–Crippen MR) is 109 cm³/mol. The maximum atomic E-state index is 13.6. The van der Waals surface area contributed by atoms with Crippen molar-refractivity contribution in [2.24, 2.45) is 5.92 Å². The van der Waals surface area contributed by atoms with E-state index < -0.39 is 41.4 Å². The Morgan fingerprint density at radius 1 is 1.17 bits per heavy atom. The number of alkyl carbamates (subject to hydrolysis) is 1. The van der Waals surface area contributed by atoms with Crippen LogP contribution in [-0.2, 0) is 20.4 Å². The van der Waals surface area contributed by atoms with Gasteiger partial charge in [0.05, 0.1) is 24.1 Å². The zero-order chi connectivity index (χ0) is 23.1. The van der Waals surface area contributed by atoms with E-state index in [1.54, 1.807) is 41.5 Å². The van der Waals surface area contributed by atoms with Gasteiger partial charge in [-0.15, -0.1) is 0 Å². The van der Waals surface area contributed by atoms with E-state index in [1.165, 1.54) is 24.3 Å². The first-order chi connectivity index (χ1) is 13.8. The topological polar surface area (TPSA) is 64.6 Å². The smallest absolute Gasteiger partial charge is 0.416 e. The minimum absolute atomic E-state index is 0.0652. The van der Waals surface area contributed by atoms with Gasteiger partial charge in [0, 0.05) is 0 Å². The summed E-state index contributed by atoms with van der Waals surface area (Å²) in [5, 5.41) is 2.57. The van der Waals surface area contributed by atoms with Crippen molar-refractivity contribution < 1.29 is 32.2 Å². The third-order valence-electron chi connectivity index (χ3n) is 4.11. The van der Waals surface area contributed by atoms with Crippen molar-refractivity contribution in [3.63, 3.8) is 0 Å². The molecule has 168 valence electrons. The third kappa shape index (κ3) is 8.08. The van der Waals surface area contributed by atoms with Crippen molar-refractivity contribution in [1.82, 2.24) is 5.32 Å². The van der Waals surface area contributed by atoms with Gasteiger partial charge in [0.2, 0.25) is 0 Å². The van der Waals surface area contributed by atoms with E-state index in [2.05, 4.69) is 5.32 Å². The van der Waals surface area contributed by atoms with Gasteiger partial charge in [-0.05, 0) is 58.2 Å². The Balaban J connectivity index is 3.17. The summed E-state index contributed by atoms with van der Waals surface area (Å²) < 4.78 is 50.8. The molecule has 0 bridgehead atoms. The Bertz CT molecular complexity index is 767. The van der Waals surface area contributed by atoms with E-state index in [0.29, 0.717) is 0 Å². The lowest BCUT2D eigenvalue weighted by Crippen LogP contribution is -2.34. The summed E-state index contributed by atoms with van der Waals surface area (Å²) in [6.45, 7) is 10.2. The molecule has 1 amide bonds. The fourth-order valence-corrected chi connectivity index (χ4v) is 2.73. The lowest BCUT2D eigenvalue weighted by Gasteiger charge is -2.24. The Labute approximate surface area is 175 Å². The van der Waals surface area contributed by atoms with Crippen molar-refractivity contribution >= 4 is 18.1 Å². The molecule has 0 aliphatic carbocycles. The van der Waals surface area contributed by atoms with Crippen LogP contribution < -0.4 is 5.32 Å². The highest BCUT2D eigenvalue weighted by Crippen LogP contribution is 2.36. The van der Waals surface area contributed by atoms with Gasteiger partial charge in [0.15, 0.2) is 0 Å². The van der Waals surface area contributed by atoms with Crippen LogP contribution in [0.25, 0.3) is 6.08 Å². The summed E-state index contributed by atoms with van der Waals surface area (Å²) in [5.74, 6) is -0.897. The Hall–Kier alpha value is -2.51. The second kappa shape index (κ2) is 10.5. The summed E-state index contributed by atoms with van der Waals surface area (Å²) in [5.41, 5.74) is -1.33. The van der Waals surface area contributed by atoms with Crippen molar-refractivity contribution in [1.29, 1.82) is 0 Å². The second-order valence-electron chi connectivity index (χ2n) is 7.97. The lowest BCUT2D eigenvalue weighted by atomic mass is 9.95. The number of hydrogen-bond acceptors (Lipinski definition) is 4. The van der Waals surface area contributed by atoms with Gasteiger partial charge in [-0.2, -0.15) is 13.2 Å². The number of allylic oxidation sites excluding steroid dienone is 1. The maximum absolute atomic E-state index is 13.6. The highest BCUT2D eigenvalue weighted by molar-refractivity contribution is 5.72. The molecule has 2 atom stereocenters. The summed E-state index contributed by atoms with van der Waals surface area (Å²) in [6.07, 6.45) is -2.23. The van der Waals surface area contributed by atoms with Crippen LogP contribution >= 0.6 is 0 Å². The summed E-state index contributed by atoms with van der Waals surface area (Å²) >= 11 is 0. The molecule has 1 rings (SSSR count). The first kappa shape index (κ1) is 25.5. The van der Waals surface area contributed by atoms with Crippen molar-refractivity contribution in [2.75, 3.05) is 6.61 Å². The van der Waals surface area contributed by atoms with Crippen LogP contribution in [0.5, 0.6) is 0 Å². The summed E-state index contributed by atoms with van der Waals surface area (Å²) in [4.78, 5) is 23.8. The number of rotatable bonds is 7. The van der Waals surface area contributed by atoms with Crippen LogP contribution in [-0.4, -0.2) is 24.3 Å². The SMILES string of the molecule is CCOC(=O)[C@H](C)C/C=C/c1c([C@@H](C)NC(=O)OC(C)(C)C)cccc1C(F)(F)F. The van der Waals surface area contributed by atoms with Crippen LogP contribution in [0.1, 0.15) is 70.7 Å². The highest BCUT2D eigenvalue weighted by Gasteiger charge is 2.34. The standard InChI is InChI=1S/C22H30F3NO4/c1-7-29-19(27)14(2)10-8-12-17-16(11-9-13-18(17)22(23,24)25)15(3)26-20(28)30-21(4,5)6/h8-9,11-15H,7,10H2,1-6H3,(H,26,28)/b12-8+/t14-,15-/m1/s1. The van der Waals surface area contributed by atoms with Crippen LogP contribution in [0.3, 0.4) is 0 Å². The van der Waals surface area contributed by atoms with Crippen molar-refractivity contribution in [3.8, 4) is 0 Å². The number of alkyl halides is 3. The maximum Gasteiger partial charge on any atom is 0.416 e. The molecule has 5 nitrogen and oxygen atoms in total. The molecule has 0 aromatic heterocycles. The molecule has 0 saturated carbocycles. The molecule has 8 heteroatoms. The largest absolute Gasteiger partial charge is 0.466 e. The van der Waals surface area contributed by atoms with Crippen LogP contribution in [0.4, 0.5) is 18.0 Å². The molecule has 0 fully saturated rings. The highest BCUT2D eigenvalue weighted by atomic mass is 19.4. The molecular formula is C22H30F3NO4. The van der Waals surface area contributed by atoms with Gasteiger partial charge < -0.3 is 14.8 Å². The van der Waals surface area contributed by atoms with Crippen molar-refractivity contribution in [3.05, 3.63) is 41.0 Å². The van der Waals surface area contributed by atoms with Gasteiger partial charge >= 0.3 is 18.2 Å². The van der Waals surface area contributed by atoms with Crippen LogP contribution in [0, 0.1) is 5.92 Å². The van der Waals surface area contributed by atoms with Gasteiger partial charge in [0.25, 0.3) is 0 Å². The Morgan fingerprint density at radius 2 is 1.80 bits per heavy atom. The quantitative estimate of drug-likeness (QED) is 0.549. The number of amides is 1. The normalized spacial score (nSPS) is 14.3. The van der Waals surface area contributed by atoms with Crippen molar-refractivity contribution in [2.45, 2.75) is 65.8 Å². The molecule has 0 radical (unpaired) electrons. The Kier molecular flexibility index (Phi) is 8.93. The molecule has 1 N–H and O–H groups in total. The Morgan fingerprint density at radius 3 is 2.33 bits per heavy atom. The van der Waals surface area contributed by atoms with Gasteiger partial charge in [-0.25, -0.2) is 4.79 Å². The van der Waals surface area contributed by atoms with E-state index in [9.17, 15) is 22.8 Å². The number of hydrogen-bond donors (Lipinski definition) is 1. The van der Waals surface area contributed by atoms with Gasteiger partial charge in [-0.3, -0.25) is 4.79 Å². The summed E-state index contributed by atoms with van der Waals surface area (Å²) in [7, 11) is 0. The van der Waals surface area contributed by atoms with Gasteiger partial charge in [-0.1, -0.05) is 31.2 Å². The monoisotopic (exact) mass is 429 g/mol. The fourth-order valence-electron chi connectivity index (χ4n) is 2.73. The fraction of sp³-hybridized carbons (Fsp3) is 0.545. The first-order valence-electron chi connectivity index (χ1n) is 9.79. The number of halogens is 3. The molecule has 1 aromatic rings. The van der Waals surface area contributed by atoms with E-state index in [1.807, 2.05) is 0 Å². The lowest BCUT2D eigenvalue weighted by molar-refractivity contribution is -0.147. The van der Waals surface area contributed by atoms with E-state index in [-0.39, 0.29) is 24.2 Å². The molecule has 30 heavy (non-hydrogen) atoms. The number of carbonyl (C=O) groups is 2. The zero-order valence-corrected chi connectivity index (χ0v) is 18.2. The molecule has 0 aliphatic heterocycles. The third-order valence-corrected chi connectivity index (χ3v) is 4.11. The van der Waals surface area contributed by atoms with Crippen LogP contribution in [0.15, 0.2) is 24.3 Å². The summed E-state index contributed by atoms with van der Waals surface area (Å²) in [6, 6.07) is 3.07. The molecular weight excluding hydrogens is 399 g/mol. The number of esters is 1. The number of nitrogens with one attached hydrogen (secondary N) is 1. The molecule has 0 heterocycles. The number of ether oxygens (including phenoxy) is 2. The first-order valence-corrected chi connectivity index (χ1v) is 9.79. The number of benzene rings is 1. The minimum Gasteiger partial charge on any atom is -0.466 e. The van der Waals surface area contributed by atoms with E-state index in [4.69, 9.17) is 9.47 Å². The second-order valence-corrected chi connectivity index (χ2v) is 7.97. The number of carbonyl (C=O) groups excluding carboxylic acids is 2. The molecule has 1 aromatic carbocycles. The zero-order valence-electron chi connectivity index (χ0n) is 18.2. The molecule has 0 spiro atoms. The average Bonchev–Trinajstić information content (AvgIpc) is 2.59.